The second-order valence-corrected chi connectivity index (χ2v) is 4.96. The van der Waals surface area contributed by atoms with Crippen molar-refractivity contribution in [2.45, 2.75) is 19.9 Å². The second-order valence-electron chi connectivity index (χ2n) is 4.31. The van der Waals surface area contributed by atoms with Gasteiger partial charge in [-0.2, -0.15) is 0 Å². The first-order valence-electron chi connectivity index (χ1n) is 5.67. The SMILES string of the molecule is CC(CBr)C(C)NC(=O)c1ccc(F)cc1[N+](=O)[O-]. The van der Waals surface area contributed by atoms with E-state index in [0.717, 1.165) is 18.2 Å². The van der Waals surface area contributed by atoms with Gasteiger partial charge in [0, 0.05) is 11.4 Å². The molecule has 0 aromatic heterocycles. The van der Waals surface area contributed by atoms with Gasteiger partial charge in [0.2, 0.25) is 0 Å². The lowest BCUT2D eigenvalue weighted by molar-refractivity contribution is -0.385. The molecule has 0 saturated heterocycles. The van der Waals surface area contributed by atoms with Crippen LogP contribution in [0.25, 0.3) is 0 Å². The van der Waals surface area contributed by atoms with Crippen molar-refractivity contribution in [1.29, 1.82) is 0 Å². The maximum absolute atomic E-state index is 13.0. The minimum absolute atomic E-state index is 0.139. The molecule has 0 aliphatic heterocycles. The zero-order chi connectivity index (χ0) is 14.6. The van der Waals surface area contributed by atoms with E-state index in [1.54, 1.807) is 6.92 Å². The standard InChI is InChI=1S/C12H14BrFN2O3/c1-7(6-13)8(2)15-12(17)10-4-3-9(14)5-11(10)16(18)19/h3-5,7-8H,6H2,1-2H3,(H,15,17). The number of carbonyl (C=O) groups is 1. The Balaban J connectivity index is 2.97. The van der Waals surface area contributed by atoms with Crippen molar-refractivity contribution in [2.24, 2.45) is 5.92 Å². The van der Waals surface area contributed by atoms with Crippen molar-refractivity contribution < 1.29 is 14.1 Å². The lowest BCUT2D eigenvalue weighted by Gasteiger charge is -2.19. The van der Waals surface area contributed by atoms with Gasteiger partial charge in [-0.1, -0.05) is 22.9 Å². The number of hydrogen-bond donors (Lipinski definition) is 1. The number of hydrogen-bond acceptors (Lipinski definition) is 3. The largest absolute Gasteiger partial charge is 0.349 e. The normalized spacial score (nSPS) is 13.7. The molecule has 7 heteroatoms. The number of halogens is 2. The van der Waals surface area contributed by atoms with Gasteiger partial charge in [0.1, 0.15) is 11.4 Å². The van der Waals surface area contributed by atoms with Crippen molar-refractivity contribution in [2.75, 3.05) is 5.33 Å². The highest BCUT2D eigenvalue weighted by Crippen LogP contribution is 2.20. The molecular formula is C12H14BrFN2O3. The van der Waals surface area contributed by atoms with Gasteiger partial charge in [-0.15, -0.1) is 0 Å². The highest BCUT2D eigenvalue weighted by atomic mass is 79.9. The van der Waals surface area contributed by atoms with E-state index in [4.69, 9.17) is 0 Å². The highest BCUT2D eigenvalue weighted by molar-refractivity contribution is 9.09. The predicted octanol–water partition coefficient (Wildman–Crippen LogP) is 2.88. The molecule has 5 nitrogen and oxygen atoms in total. The summed E-state index contributed by atoms with van der Waals surface area (Å²) >= 11 is 3.30. The molecule has 2 atom stereocenters. The van der Waals surface area contributed by atoms with Crippen molar-refractivity contribution >= 4 is 27.5 Å². The number of nitrogens with zero attached hydrogens (tertiary/aromatic N) is 1. The minimum atomic E-state index is -0.767. The summed E-state index contributed by atoms with van der Waals surface area (Å²) in [5.41, 5.74) is -0.670. The molecule has 0 spiro atoms. The lowest BCUT2D eigenvalue weighted by atomic mass is 10.1. The van der Waals surface area contributed by atoms with Crippen molar-refractivity contribution in [3.63, 3.8) is 0 Å². The van der Waals surface area contributed by atoms with Crippen LogP contribution in [0.1, 0.15) is 24.2 Å². The third-order valence-electron chi connectivity index (χ3n) is 2.86. The molecule has 0 fully saturated rings. The number of nitro benzene ring substituents is 1. The Morgan fingerprint density at radius 3 is 2.68 bits per heavy atom. The number of amides is 1. The van der Waals surface area contributed by atoms with Crippen LogP contribution in [-0.2, 0) is 0 Å². The lowest BCUT2D eigenvalue weighted by Crippen LogP contribution is -2.37. The minimum Gasteiger partial charge on any atom is -0.349 e. The molecule has 2 unspecified atom stereocenters. The Morgan fingerprint density at radius 1 is 1.53 bits per heavy atom. The van der Waals surface area contributed by atoms with E-state index in [1.807, 2.05) is 6.92 Å². The molecular weight excluding hydrogens is 319 g/mol. The quantitative estimate of drug-likeness (QED) is 0.512. The van der Waals surface area contributed by atoms with Gasteiger partial charge >= 0.3 is 0 Å². The third-order valence-corrected chi connectivity index (χ3v) is 3.88. The molecule has 0 aliphatic rings. The molecule has 1 rings (SSSR count). The van der Waals surface area contributed by atoms with Crippen LogP contribution in [0.3, 0.4) is 0 Å². The molecule has 0 saturated carbocycles. The number of alkyl halides is 1. The smallest absolute Gasteiger partial charge is 0.285 e. The van der Waals surface area contributed by atoms with Crippen molar-refractivity contribution in [1.82, 2.24) is 5.32 Å². The van der Waals surface area contributed by atoms with Gasteiger partial charge in [0.15, 0.2) is 0 Å². The molecule has 1 amide bonds. The number of benzene rings is 1. The summed E-state index contributed by atoms with van der Waals surface area (Å²) in [6.07, 6.45) is 0. The van der Waals surface area contributed by atoms with Crippen molar-refractivity contribution in [3.05, 3.63) is 39.7 Å². The van der Waals surface area contributed by atoms with E-state index in [2.05, 4.69) is 21.2 Å². The zero-order valence-electron chi connectivity index (χ0n) is 10.5. The second kappa shape index (κ2) is 6.60. The predicted molar refractivity (Wildman–Crippen MR) is 72.9 cm³/mol. The van der Waals surface area contributed by atoms with E-state index in [1.165, 1.54) is 0 Å². The fraction of sp³-hybridized carbons (Fsp3) is 0.417. The molecule has 104 valence electrons. The summed E-state index contributed by atoms with van der Waals surface area (Å²) in [6, 6.07) is 2.74. The van der Waals surface area contributed by atoms with Gasteiger partial charge < -0.3 is 5.32 Å². The van der Waals surface area contributed by atoms with Gasteiger partial charge in [-0.25, -0.2) is 4.39 Å². The van der Waals surface area contributed by atoms with Crippen molar-refractivity contribution in [3.8, 4) is 0 Å². The van der Waals surface area contributed by atoms with Crippen LogP contribution in [0.4, 0.5) is 10.1 Å². The van der Waals surface area contributed by atoms with Gasteiger partial charge in [-0.3, -0.25) is 14.9 Å². The molecule has 0 aliphatic carbocycles. The zero-order valence-corrected chi connectivity index (χ0v) is 12.1. The topological polar surface area (TPSA) is 72.2 Å². The van der Waals surface area contributed by atoms with Crippen LogP contribution < -0.4 is 5.32 Å². The van der Waals surface area contributed by atoms with Gasteiger partial charge in [0.25, 0.3) is 11.6 Å². The van der Waals surface area contributed by atoms with E-state index >= 15 is 0 Å². The first-order chi connectivity index (χ1) is 8.86. The summed E-state index contributed by atoms with van der Waals surface area (Å²) in [4.78, 5) is 22.0. The van der Waals surface area contributed by atoms with Gasteiger partial charge in [-0.05, 0) is 25.0 Å². The summed E-state index contributed by atoms with van der Waals surface area (Å²) in [5.74, 6) is -1.15. The first kappa shape index (κ1) is 15.6. The summed E-state index contributed by atoms with van der Waals surface area (Å²) in [5, 5.41) is 14.2. The molecule has 1 aromatic carbocycles. The molecule has 19 heavy (non-hydrogen) atoms. The van der Waals surface area contributed by atoms with Crippen LogP contribution in [0.2, 0.25) is 0 Å². The monoisotopic (exact) mass is 332 g/mol. The van der Waals surface area contributed by atoms with E-state index in [0.29, 0.717) is 5.33 Å². The van der Waals surface area contributed by atoms with Crippen LogP contribution in [0.5, 0.6) is 0 Å². The number of nitrogens with one attached hydrogen (secondary N) is 1. The fourth-order valence-electron chi connectivity index (χ4n) is 1.41. The first-order valence-corrected chi connectivity index (χ1v) is 6.79. The Bertz CT molecular complexity index is 496. The van der Waals surface area contributed by atoms with E-state index in [9.17, 15) is 19.3 Å². The molecule has 0 radical (unpaired) electrons. The summed E-state index contributed by atoms with van der Waals surface area (Å²) in [6.45, 7) is 3.73. The average molecular weight is 333 g/mol. The van der Waals surface area contributed by atoms with Crippen LogP contribution >= 0.6 is 15.9 Å². The fourth-order valence-corrected chi connectivity index (χ4v) is 1.97. The Labute approximate surface area is 118 Å². The van der Waals surface area contributed by atoms with Crippen LogP contribution in [-0.4, -0.2) is 22.2 Å². The van der Waals surface area contributed by atoms with Crippen LogP contribution in [0, 0.1) is 21.8 Å². The maximum atomic E-state index is 13.0. The highest BCUT2D eigenvalue weighted by Gasteiger charge is 2.23. The maximum Gasteiger partial charge on any atom is 0.285 e. The summed E-state index contributed by atoms with van der Waals surface area (Å²) in [7, 11) is 0. The number of carbonyl (C=O) groups excluding carboxylic acids is 1. The molecule has 1 N–H and O–H groups in total. The third kappa shape index (κ3) is 3.99. The van der Waals surface area contributed by atoms with Gasteiger partial charge in [0.05, 0.1) is 11.0 Å². The Morgan fingerprint density at radius 2 is 2.16 bits per heavy atom. The molecule has 1 aromatic rings. The molecule has 0 bridgehead atoms. The Hall–Kier alpha value is -1.50. The number of nitro groups is 1. The number of rotatable bonds is 5. The summed E-state index contributed by atoms with van der Waals surface area (Å²) < 4.78 is 13.0. The Kier molecular flexibility index (Phi) is 5.41. The van der Waals surface area contributed by atoms with E-state index in [-0.39, 0.29) is 17.5 Å². The van der Waals surface area contributed by atoms with Crippen LogP contribution in [0.15, 0.2) is 18.2 Å². The average Bonchev–Trinajstić information content (AvgIpc) is 2.37. The molecule has 0 heterocycles. The van der Waals surface area contributed by atoms with E-state index < -0.39 is 22.3 Å².